The molecule has 0 bridgehead atoms. The van der Waals surface area contributed by atoms with E-state index >= 15 is 0 Å². The summed E-state index contributed by atoms with van der Waals surface area (Å²) in [6.07, 6.45) is 7.06. The molecule has 34 heavy (non-hydrogen) atoms. The third kappa shape index (κ3) is 4.49. The van der Waals surface area contributed by atoms with Crippen LogP contribution in [0.2, 0.25) is 0 Å². The summed E-state index contributed by atoms with van der Waals surface area (Å²) in [7, 11) is 0. The molecule has 164 valence electrons. The summed E-state index contributed by atoms with van der Waals surface area (Å²) in [6.45, 7) is 0. The van der Waals surface area contributed by atoms with Crippen molar-refractivity contribution in [2.45, 2.75) is 0 Å². The Hall–Kier alpha value is -4.91. The predicted molar refractivity (Wildman–Crippen MR) is 131 cm³/mol. The number of nitrogens with one attached hydrogen (secondary N) is 2. The summed E-state index contributed by atoms with van der Waals surface area (Å²) >= 11 is 0. The Kier molecular flexibility index (Phi) is 5.73. The fraction of sp³-hybridized carbons (Fsp3) is 0. The van der Waals surface area contributed by atoms with Crippen molar-refractivity contribution in [3.63, 3.8) is 0 Å². The summed E-state index contributed by atoms with van der Waals surface area (Å²) in [5, 5.41) is 11.0. The van der Waals surface area contributed by atoms with Gasteiger partial charge in [-0.3, -0.25) is 24.7 Å². The Morgan fingerprint density at radius 2 is 1.62 bits per heavy atom. The zero-order chi connectivity index (χ0) is 23.3. The van der Waals surface area contributed by atoms with E-state index in [1.54, 1.807) is 67.0 Å². The van der Waals surface area contributed by atoms with E-state index in [2.05, 4.69) is 25.5 Å². The van der Waals surface area contributed by atoms with Crippen LogP contribution < -0.4 is 5.32 Å². The lowest BCUT2D eigenvalue weighted by atomic mass is 10.0. The minimum absolute atomic E-state index is 0.156. The van der Waals surface area contributed by atoms with Gasteiger partial charge in [-0.2, -0.15) is 5.10 Å². The maximum atomic E-state index is 13.1. The highest BCUT2D eigenvalue weighted by molar-refractivity contribution is 6.11. The van der Waals surface area contributed by atoms with Gasteiger partial charge in [-0.15, -0.1) is 0 Å². The van der Waals surface area contributed by atoms with Gasteiger partial charge >= 0.3 is 0 Å². The molecule has 0 radical (unpaired) electrons. The molecule has 3 heterocycles. The average Bonchev–Trinajstić information content (AvgIpc) is 3.30. The van der Waals surface area contributed by atoms with Crippen LogP contribution in [0.3, 0.4) is 0 Å². The smallest absolute Gasteiger partial charge is 0.274 e. The number of amides is 1. The van der Waals surface area contributed by atoms with Gasteiger partial charge in [0.25, 0.3) is 5.91 Å². The molecule has 0 aliphatic rings. The van der Waals surface area contributed by atoms with Crippen molar-refractivity contribution in [3.05, 3.63) is 119 Å². The number of anilines is 1. The second-order valence-electron chi connectivity index (χ2n) is 7.54. The molecule has 0 saturated carbocycles. The zero-order valence-corrected chi connectivity index (χ0v) is 18.0. The summed E-state index contributed by atoms with van der Waals surface area (Å²) in [5.74, 6) is -0.494. The normalized spacial score (nSPS) is 11.1. The standard InChI is InChI=1S/C27H19N5O2/c33-26(18-6-5-8-21(16-18)30-27(34)24-9-2-4-15-29-24)19-10-12-22-23(31-32-25(22)17-19)13-11-20-7-1-3-14-28-20/h1-17H,(H,30,34)(H,31,32). The number of carbonyl (C=O) groups excluding carboxylic acids is 2. The van der Waals surface area contributed by atoms with Crippen LogP contribution >= 0.6 is 0 Å². The van der Waals surface area contributed by atoms with E-state index in [1.165, 1.54) is 0 Å². The van der Waals surface area contributed by atoms with Gasteiger partial charge in [0.05, 0.1) is 16.9 Å². The van der Waals surface area contributed by atoms with Crippen molar-refractivity contribution in [3.8, 4) is 0 Å². The summed E-state index contributed by atoms with van der Waals surface area (Å²) < 4.78 is 0. The second kappa shape index (κ2) is 9.30. The average molecular weight is 445 g/mol. The second-order valence-corrected chi connectivity index (χ2v) is 7.54. The highest BCUT2D eigenvalue weighted by Crippen LogP contribution is 2.22. The van der Waals surface area contributed by atoms with Gasteiger partial charge in [0, 0.05) is 34.6 Å². The van der Waals surface area contributed by atoms with Crippen molar-refractivity contribution in [1.82, 2.24) is 20.2 Å². The van der Waals surface area contributed by atoms with Crippen molar-refractivity contribution < 1.29 is 9.59 Å². The molecule has 7 nitrogen and oxygen atoms in total. The Morgan fingerprint density at radius 1 is 0.794 bits per heavy atom. The van der Waals surface area contributed by atoms with Crippen LogP contribution in [0.4, 0.5) is 5.69 Å². The molecule has 5 rings (SSSR count). The lowest BCUT2D eigenvalue weighted by Gasteiger charge is -2.07. The number of carbonyl (C=O) groups is 2. The van der Waals surface area contributed by atoms with E-state index < -0.39 is 0 Å². The molecule has 0 fully saturated rings. The summed E-state index contributed by atoms with van der Waals surface area (Å²) in [4.78, 5) is 33.8. The monoisotopic (exact) mass is 445 g/mol. The molecule has 0 unspecified atom stereocenters. The first kappa shape index (κ1) is 21.0. The molecule has 3 aromatic heterocycles. The fourth-order valence-electron chi connectivity index (χ4n) is 3.55. The highest BCUT2D eigenvalue weighted by Gasteiger charge is 2.13. The fourth-order valence-corrected chi connectivity index (χ4v) is 3.55. The topological polar surface area (TPSA) is 101 Å². The number of fused-ring (bicyclic) bond motifs is 1. The third-order valence-corrected chi connectivity index (χ3v) is 5.23. The summed E-state index contributed by atoms with van der Waals surface area (Å²) in [5.41, 5.74) is 4.16. The number of H-pyrrole nitrogens is 1. The molecule has 0 saturated heterocycles. The van der Waals surface area contributed by atoms with Crippen LogP contribution in [-0.4, -0.2) is 31.9 Å². The van der Waals surface area contributed by atoms with Crippen molar-refractivity contribution in [2.24, 2.45) is 0 Å². The molecular weight excluding hydrogens is 426 g/mol. The van der Waals surface area contributed by atoms with E-state index in [0.29, 0.717) is 22.5 Å². The zero-order valence-electron chi connectivity index (χ0n) is 18.0. The maximum Gasteiger partial charge on any atom is 0.274 e. The molecule has 5 aromatic rings. The van der Waals surface area contributed by atoms with Crippen molar-refractivity contribution in [1.29, 1.82) is 0 Å². The lowest BCUT2D eigenvalue weighted by molar-refractivity contribution is 0.101. The number of aromatic amines is 1. The van der Waals surface area contributed by atoms with E-state index in [1.807, 2.05) is 36.4 Å². The number of pyridine rings is 2. The first-order chi connectivity index (χ1) is 16.7. The molecule has 0 aliphatic carbocycles. The largest absolute Gasteiger partial charge is 0.321 e. The van der Waals surface area contributed by atoms with Crippen molar-refractivity contribution >= 4 is 40.4 Å². The first-order valence-electron chi connectivity index (χ1n) is 10.6. The molecule has 2 N–H and O–H groups in total. The SMILES string of the molecule is O=C(c1cccc(NC(=O)c2ccccn2)c1)c1ccc2c(C=Cc3ccccn3)n[nH]c2c1. The summed E-state index contributed by atoms with van der Waals surface area (Å²) in [6, 6.07) is 23.1. The van der Waals surface area contributed by atoms with Crippen LogP contribution in [0, 0.1) is 0 Å². The molecule has 0 atom stereocenters. The number of aromatic nitrogens is 4. The Morgan fingerprint density at radius 3 is 2.41 bits per heavy atom. The number of hydrogen-bond acceptors (Lipinski definition) is 5. The number of hydrogen-bond donors (Lipinski definition) is 2. The number of benzene rings is 2. The minimum atomic E-state index is -0.338. The number of ketones is 1. The van der Waals surface area contributed by atoms with Crippen LogP contribution in [0.1, 0.15) is 37.8 Å². The van der Waals surface area contributed by atoms with Gasteiger partial charge in [0.2, 0.25) is 0 Å². The molecule has 1 amide bonds. The van der Waals surface area contributed by atoms with Gasteiger partial charge < -0.3 is 5.32 Å². The Labute approximate surface area is 195 Å². The van der Waals surface area contributed by atoms with Crippen LogP contribution in [0.5, 0.6) is 0 Å². The predicted octanol–water partition coefficient (Wildman–Crippen LogP) is 5.01. The molecule has 7 heteroatoms. The lowest BCUT2D eigenvalue weighted by Crippen LogP contribution is -2.13. The van der Waals surface area contributed by atoms with Crippen LogP contribution in [-0.2, 0) is 0 Å². The molecule has 0 spiro atoms. The van der Waals surface area contributed by atoms with Gasteiger partial charge in [0.15, 0.2) is 5.78 Å². The molecule has 0 aliphatic heterocycles. The molecular formula is C27H19N5O2. The number of nitrogens with zero attached hydrogens (tertiary/aromatic N) is 3. The van der Waals surface area contributed by atoms with Gasteiger partial charge in [-0.25, -0.2) is 0 Å². The third-order valence-electron chi connectivity index (χ3n) is 5.23. The van der Waals surface area contributed by atoms with E-state index in [0.717, 1.165) is 22.3 Å². The first-order valence-corrected chi connectivity index (χ1v) is 10.6. The van der Waals surface area contributed by atoms with Crippen LogP contribution in [0.15, 0.2) is 91.3 Å². The van der Waals surface area contributed by atoms with Crippen LogP contribution in [0.25, 0.3) is 23.1 Å². The van der Waals surface area contributed by atoms with Gasteiger partial charge in [-0.05, 0) is 60.7 Å². The highest BCUT2D eigenvalue weighted by atomic mass is 16.2. The quantitative estimate of drug-likeness (QED) is 0.358. The Balaban J connectivity index is 1.36. The molecule has 2 aromatic carbocycles. The van der Waals surface area contributed by atoms with E-state index in [4.69, 9.17) is 0 Å². The maximum absolute atomic E-state index is 13.1. The van der Waals surface area contributed by atoms with E-state index in [9.17, 15) is 9.59 Å². The number of rotatable bonds is 6. The van der Waals surface area contributed by atoms with Gasteiger partial charge in [0.1, 0.15) is 5.69 Å². The minimum Gasteiger partial charge on any atom is -0.321 e. The van der Waals surface area contributed by atoms with Crippen molar-refractivity contribution in [2.75, 3.05) is 5.32 Å². The Bertz CT molecular complexity index is 1510. The van der Waals surface area contributed by atoms with Gasteiger partial charge in [-0.1, -0.05) is 30.3 Å². The van der Waals surface area contributed by atoms with E-state index in [-0.39, 0.29) is 11.7 Å².